The van der Waals surface area contributed by atoms with Crippen LogP contribution in [0.2, 0.25) is 0 Å². The molecule has 94 valence electrons. The second-order valence-corrected chi connectivity index (χ2v) is 4.01. The Morgan fingerprint density at radius 1 is 1.50 bits per heavy atom. The van der Waals surface area contributed by atoms with Crippen LogP contribution in [-0.2, 0) is 6.42 Å². The van der Waals surface area contributed by atoms with Crippen molar-refractivity contribution in [1.82, 2.24) is 20.5 Å². The number of benzene rings is 1. The van der Waals surface area contributed by atoms with Crippen LogP contribution in [0.1, 0.15) is 21.7 Å². The van der Waals surface area contributed by atoms with Gasteiger partial charge in [-0.2, -0.15) is 5.10 Å². The molecule has 6 nitrogen and oxygen atoms in total. The van der Waals surface area contributed by atoms with Crippen molar-refractivity contribution in [2.45, 2.75) is 13.3 Å². The molecule has 1 aromatic carbocycles. The Bertz CT molecular complexity index is 535. The van der Waals surface area contributed by atoms with Gasteiger partial charge in [-0.15, -0.1) is 0 Å². The van der Waals surface area contributed by atoms with E-state index < -0.39 is 0 Å². The van der Waals surface area contributed by atoms with Crippen molar-refractivity contribution in [3.63, 3.8) is 0 Å². The number of aryl methyl sites for hydroxylation is 1. The predicted molar refractivity (Wildman–Crippen MR) is 68.0 cm³/mol. The smallest absolute Gasteiger partial charge is 0.251 e. The number of aromatic nitrogens is 3. The third-order valence-corrected chi connectivity index (χ3v) is 2.64. The average molecular weight is 245 g/mol. The molecule has 1 aromatic heterocycles. The zero-order valence-electron chi connectivity index (χ0n) is 10.1. The molecule has 0 radical (unpaired) electrons. The normalized spacial score (nSPS) is 10.3. The summed E-state index contributed by atoms with van der Waals surface area (Å²) in [4.78, 5) is 15.8. The van der Waals surface area contributed by atoms with Crippen LogP contribution >= 0.6 is 0 Å². The molecule has 0 saturated heterocycles. The van der Waals surface area contributed by atoms with Crippen molar-refractivity contribution in [1.29, 1.82) is 0 Å². The standard InChI is InChI=1S/C12H15N5O/c1-8-6-9(2-3-10(8)13)12(18)14-5-4-11-15-7-16-17-11/h2-3,6-7H,4-5,13H2,1H3,(H,14,18)(H,15,16,17). The van der Waals surface area contributed by atoms with Crippen LogP contribution in [0.4, 0.5) is 5.69 Å². The molecule has 18 heavy (non-hydrogen) atoms. The first kappa shape index (κ1) is 12.1. The number of hydrogen-bond donors (Lipinski definition) is 3. The average Bonchev–Trinajstić information content (AvgIpc) is 2.85. The number of nitrogens with two attached hydrogens (primary N) is 1. The molecular weight excluding hydrogens is 230 g/mol. The van der Waals surface area contributed by atoms with E-state index in [1.807, 2.05) is 6.92 Å². The number of carbonyl (C=O) groups is 1. The van der Waals surface area contributed by atoms with Crippen LogP contribution in [0.25, 0.3) is 0 Å². The van der Waals surface area contributed by atoms with Gasteiger partial charge in [0.2, 0.25) is 0 Å². The van der Waals surface area contributed by atoms with Gasteiger partial charge in [-0.25, -0.2) is 4.98 Å². The summed E-state index contributed by atoms with van der Waals surface area (Å²) in [6.45, 7) is 2.39. The summed E-state index contributed by atoms with van der Waals surface area (Å²) in [7, 11) is 0. The molecule has 0 fully saturated rings. The maximum atomic E-state index is 11.8. The van der Waals surface area contributed by atoms with Gasteiger partial charge >= 0.3 is 0 Å². The first-order chi connectivity index (χ1) is 8.66. The van der Waals surface area contributed by atoms with Crippen LogP contribution in [0.15, 0.2) is 24.5 Å². The van der Waals surface area contributed by atoms with Crippen LogP contribution in [0.3, 0.4) is 0 Å². The van der Waals surface area contributed by atoms with Crippen molar-refractivity contribution >= 4 is 11.6 Å². The fourth-order valence-electron chi connectivity index (χ4n) is 1.56. The van der Waals surface area contributed by atoms with Gasteiger partial charge in [-0.1, -0.05) is 0 Å². The molecule has 0 atom stereocenters. The minimum absolute atomic E-state index is 0.113. The van der Waals surface area contributed by atoms with Crippen molar-refractivity contribution in [3.05, 3.63) is 41.5 Å². The molecule has 0 bridgehead atoms. The van der Waals surface area contributed by atoms with E-state index in [0.29, 0.717) is 24.2 Å². The minimum atomic E-state index is -0.113. The maximum absolute atomic E-state index is 11.8. The van der Waals surface area contributed by atoms with E-state index in [1.165, 1.54) is 6.33 Å². The number of hydrogen-bond acceptors (Lipinski definition) is 4. The largest absolute Gasteiger partial charge is 0.399 e. The van der Waals surface area contributed by atoms with Crippen molar-refractivity contribution < 1.29 is 4.79 Å². The Morgan fingerprint density at radius 2 is 2.33 bits per heavy atom. The van der Waals surface area contributed by atoms with E-state index in [2.05, 4.69) is 20.5 Å². The van der Waals surface area contributed by atoms with Gasteiger partial charge in [0.15, 0.2) is 0 Å². The molecular formula is C12H15N5O. The number of nitrogen functional groups attached to an aromatic ring is 1. The van der Waals surface area contributed by atoms with Gasteiger partial charge in [0.25, 0.3) is 5.91 Å². The van der Waals surface area contributed by atoms with E-state index in [4.69, 9.17) is 5.73 Å². The zero-order chi connectivity index (χ0) is 13.0. The quantitative estimate of drug-likeness (QED) is 0.689. The second kappa shape index (κ2) is 5.31. The highest BCUT2D eigenvalue weighted by Gasteiger charge is 2.06. The monoisotopic (exact) mass is 245 g/mol. The second-order valence-electron chi connectivity index (χ2n) is 4.01. The highest BCUT2D eigenvalue weighted by atomic mass is 16.1. The molecule has 0 aliphatic rings. The molecule has 0 aliphatic carbocycles. The summed E-state index contributed by atoms with van der Waals surface area (Å²) in [5.41, 5.74) is 7.90. The predicted octanol–water partition coefficient (Wildman–Crippen LogP) is 0.668. The Kier molecular flexibility index (Phi) is 3.57. The molecule has 2 rings (SSSR count). The Labute approximate surface area is 105 Å². The van der Waals surface area contributed by atoms with Crippen LogP contribution in [0, 0.1) is 6.92 Å². The zero-order valence-corrected chi connectivity index (χ0v) is 10.1. The number of carbonyl (C=O) groups excluding carboxylic acids is 1. The number of H-pyrrole nitrogens is 1. The lowest BCUT2D eigenvalue weighted by atomic mass is 10.1. The minimum Gasteiger partial charge on any atom is -0.399 e. The van der Waals surface area contributed by atoms with E-state index in [1.54, 1.807) is 18.2 Å². The van der Waals surface area contributed by atoms with Gasteiger partial charge in [-0.3, -0.25) is 9.89 Å². The summed E-state index contributed by atoms with van der Waals surface area (Å²) >= 11 is 0. The summed E-state index contributed by atoms with van der Waals surface area (Å²) in [5, 5.41) is 9.29. The molecule has 6 heteroatoms. The Hall–Kier alpha value is -2.37. The van der Waals surface area contributed by atoms with Crippen LogP contribution in [-0.4, -0.2) is 27.6 Å². The molecule has 0 unspecified atom stereocenters. The number of rotatable bonds is 4. The van der Waals surface area contributed by atoms with Crippen LogP contribution < -0.4 is 11.1 Å². The van der Waals surface area contributed by atoms with Gasteiger partial charge < -0.3 is 11.1 Å². The number of amides is 1. The topological polar surface area (TPSA) is 96.7 Å². The molecule has 0 spiro atoms. The van der Waals surface area contributed by atoms with E-state index in [0.717, 1.165) is 11.4 Å². The lowest BCUT2D eigenvalue weighted by Gasteiger charge is -2.06. The van der Waals surface area contributed by atoms with Gasteiger partial charge in [0.05, 0.1) is 0 Å². The third-order valence-electron chi connectivity index (χ3n) is 2.64. The molecule has 1 amide bonds. The Balaban J connectivity index is 1.89. The van der Waals surface area contributed by atoms with E-state index in [9.17, 15) is 4.79 Å². The first-order valence-electron chi connectivity index (χ1n) is 5.65. The summed E-state index contributed by atoms with van der Waals surface area (Å²) in [6, 6.07) is 5.23. The molecule has 2 aromatic rings. The number of aromatic amines is 1. The SMILES string of the molecule is Cc1cc(C(=O)NCCc2ncn[nH]2)ccc1N. The van der Waals surface area contributed by atoms with Crippen molar-refractivity contribution in [2.75, 3.05) is 12.3 Å². The Morgan fingerprint density at radius 3 is 3.00 bits per heavy atom. The fraction of sp³-hybridized carbons (Fsp3) is 0.250. The number of nitrogens with zero attached hydrogens (tertiary/aromatic N) is 2. The summed E-state index contributed by atoms with van der Waals surface area (Å²) in [5.74, 6) is 0.640. The highest BCUT2D eigenvalue weighted by Crippen LogP contribution is 2.12. The van der Waals surface area contributed by atoms with Gasteiger partial charge in [0, 0.05) is 24.2 Å². The fourth-order valence-corrected chi connectivity index (χ4v) is 1.56. The molecule has 0 aliphatic heterocycles. The molecule has 4 N–H and O–H groups in total. The third kappa shape index (κ3) is 2.85. The number of anilines is 1. The van der Waals surface area contributed by atoms with Gasteiger partial charge in [-0.05, 0) is 30.7 Å². The summed E-state index contributed by atoms with van der Waals surface area (Å²) < 4.78 is 0. The lowest BCUT2D eigenvalue weighted by molar-refractivity contribution is 0.0954. The van der Waals surface area contributed by atoms with E-state index in [-0.39, 0.29) is 5.91 Å². The van der Waals surface area contributed by atoms with Crippen molar-refractivity contribution in [2.24, 2.45) is 0 Å². The van der Waals surface area contributed by atoms with Crippen molar-refractivity contribution in [3.8, 4) is 0 Å². The highest BCUT2D eigenvalue weighted by molar-refractivity contribution is 5.94. The van der Waals surface area contributed by atoms with E-state index >= 15 is 0 Å². The molecule has 1 heterocycles. The first-order valence-corrected chi connectivity index (χ1v) is 5.65. The maximum Gasteiger partial charge on any atom is 0.251 e. The van der Waals surface area contributed by atoms with Gasteiger partial charge in [0.1, 0.15) is 12.2 Å². The van der Waals surface area contributed by atoms with Crippen LogP contribution in [0.5, 0.6) is 0 Å². The lowest BCUT2D eigenvalue weighted by Crippen LogP contribution is -2.26. The summed E-state index contributed by atoms with van der Waals surface area (Å²) in [6.07, 6.45) is 2.07. The number of nitrogens with one attached hydrogen (secondary N) is 2. The molecule has 0 saturated carbocycles.